The lowest BCUT2D eigenvalue weighted by molar-refractivity contribution is -0.492. The summed E-state index contributed by atoms with van der Waals surface area (Å²) in [7, 11) is 0. The van der Waals surface area contributed by atoms with Crippen molar-refractivity contribution in [1.82, 2.24) is 0 Å². The van der Waals surface area contributed by atoms with Crippen LogP contribution in [-0.2, 0) is 14.3 Å². The smallest absolute Gasteiger partial charge is 0.454 e. The number of ether oxygens (including phenoxy) is 2. The third kappa shape index (κ3) is 4.73. The summed E-state index contributed by atoms with van der Waals surface area (Å²) >= 11 is 0. The van der Waals surface area contributed by atoms with Crippen LogP contribution >= 0.6 is 0 Å². The average molecular weight is 438 g/mol. The van der Waals surface area contributed by atoms with Crippen molar-refractivity contribution in [3.05, 3.63) is 12.4 Å². The lowest BCUT2D eigenvalue weighted by Gasteiger charge is -2.37. The highest BCUT2D eigenvalue weighted by atomic mass is 19.4. The molecule has 27 heavy (non-hydrogen) atoms. The zero-order valence-electron chi connectivity index (χ0n) is 11.9. The van der Waals surface area contributed by atoms with Crippen LogP contribution in [0.3, 0.4) is 0 Å². The lowest BCUT2D eigenvalue weighted by Crippen LogP contribution is -2.65. The Kier molecular flexibility index (Phi) is 6.51. The van der Waals surface area contributed by atoms with E-state index in [1.165, 1.54) is 0 Å². The van der Waals surface area contributed by atoms with Gasteiger partial charge in [0.05, 0.1) is 0 Å². The van der Waals surface area contributed by atoms with Crippen molar-refractivity contribution in [3.63, 3.8) is 0 Å². The van der Waals surface area contributed by atoms with Crippen LogP contribution in [0.15, 0.2) is 12.4 Å². The molecule has 17 heteroatoms. The van der Waals surface area contributed by atoms with Gasteiger partial charge in [-0.05, 0) is 0 Å². The summed E-state index contributed by atoms with van der Waals surface area (Å²) in [5.41, 5.74) is 0. The highest BCUT2D eigenvalue weighted by Crippen LogP contribution is 2.55. The normalized spacial score (nSPS) is 16.7. The van der Waals surface area contributed by atoms with Gasteiger partial charge in [-0.1, -0.05) is 6.58 Å². The minimum Gasteiger partial charge on any atom is -0.454 e. The van der Waals surface area contributed by atoms with Gasteiger partial charge in [0, 0.05) is 0 Å². The van der Waals surface area contributed by atoms with Crippen molar-refractivity contribution < 1.29 is 75.7 Å². The maximum atomic E-state index is 13.5. The van der Waals surface area contributed by atoms with Crippen LogP contribution in [0, 0.1) is 0 Å². The topological polar surface area (TPSA) is 35.5 Å². The maximum Gasteiger partial charge on any atom is 0.460 e. The molecule has 0 spiro atoms. The summed E-state index contributed by atoms with van der Waals surface area (Å²) in [5, 5.41) is 0. The zero-order chi connectivity index (χ0) is 22.3. The summed E-state index contributed by atoms with van der Waals surface area (Å²) in [5.74, 6) is -26.5. The molecule has 0 saturated heterocycles. The van der Waals surface area contributed by atoms with Crippen molar-refractivity contribution in [2.24, 2.45) is 0 Å². The SMILES string of the molecule is C=C(F)C(=O)OC[C@@](F)(OC(F)(F)C(F)(F)C(F)(F)C(F)(F)F)C(F)(F)F. The first-order chi connectivity index (χ1) is 11.5. The van der Waals surface area contributed by atoms with Gasteiger partial charge in [-0.25, -0.2) is 4.79 Å². The van der Waals surface area contributed by atoms with E-state index in [2.05, 4.69) is 11.3 Å². The van der Waals surface area contributed by atoms with Gasteiger partial charge >= 0.3 is 42.1 Å². The number of alkyl halides is 13. The van der Waals surface area contributed by atoms with E-state index in [0.29, 0.717) is 0 Å². The predicted molar refractivity (Wildman–Crippen MR) is 53.1 cm³/mol. The van der Waals surface area contributed by atoms with E-state index in [0.717, 1.165) is 0 Å². The minimum atomic E-state index is -7.76. The molecule has 0 radical (unpaired) electrons. The number of carbonyl (C=O) groups excluding carboxylic acids is 1. The fourth-order valence-corrected chi connectivity index (χ4v) is 1.03. The Morgan fingerprint density at radius 2 is 1.15 bits per heavy atom. The standard InChI is InChI=1S/C10H4F14O3/c1-3(11)4(25)26-2-5(12,8(17,18)19)27-10(23,24)7(15,16)6(13,14)9(20,21)22/h1-2H2/t5-/m1/s1. The van der Waals surface area contributed by atoms with Gasteiger partial charge in [0.1, 0.15) is 0 Å². The fourth-order valence-electron chi connectivity index (χ4n) is 1.03. The molecule has 0 unspecified atom stereocenters. The number of hydrogen-bond acceptors (Lipinski definition) is 3. The van der Waals surface area contributed by atoms with Crippen molar-refractivity contribution in [2.75, 3.05) is 6.61 Å². The van der Waals surface area contributed by atoms with Crippen LogP contribution in [0.5, 0.6) is 0 Å². The molecule has 0 aliphatic heterocycles. The van der Waals surface area contributed by atoms with E-state index in [4.69, 9.17) is 0 Å². The molecule has 0 aliphatic rings. The Bertz CT molecular complexity index is 577. The monoisotopic (exact) mass is 438 g/mol. The van der Waals surface area contributed by atoms with E-state index in [-0.39, 0.29) is 0 Å². The Labute approximate surface area is 138 Å². The largest absolute Gasteiger partial charge is 0.460 e. The Balaban J connectivity index is 5.96. The first-order valence-electron chi connectivity index (χ1n) is 5.71. The van der Waals surface area contributed by atoms with E-state index in [9.17, 15) is 66.3 Å². The summed E-state index contributed by atoms with van der Waals surface area (Å²) in [6.07, 6.45) is -21.7. The summed E-state index contributed by atoms with van der Waals surface area (Å²) in [6.45, 7) is -1.07. The number of hydrogen-bond donors (Lipinski definition) is 0. The van der Waals surface area contributed by atoms with Gasteiger partial charge in [-0.2, -0.15) is 61.5 Å². The second-order valence-corrected chi connectivity index (χ2v) is 4.47. The van der Waals surface area contributed by atoms with E-state index in [1.54, 1.807) is 0 Å². The van der Waals surface area contributed by atoms with Crippen molar-refractivity contribution in [2.45, 2.75) is 36.2 Å². The number of rotatable bonds is 7. The molecule has 0 amide bonds. The van der Waals surface area contributed by atoms with Crippen LogP contribution in [0.4, 0.5) is 61.5 Å². The molecule has 0 rings (SSSR count). The van der Waals surface area contributed by atoms with Crippen LogP contribution in [-0.4, -0.2) is 48.7 Å². The third-order valence-electron chi connectivity index (χ3n) is 2.44. The van der Waals surface area contributed by atoms with Crippen molar-refractivity contribution in [3.8, 4) is 0 Å². The Hall–Kier alpha value is -1.81. The predicted octanol–water partition coefficient (Wildman–Crippen LogP) is 4.68. The number of halogens is 14. The molecule has 0 saturated carbocycles. The highest BCUT2D eigenvalue weighted by Gasteiger charge is 2.84. The molecule has 0 aromatic carbocycles. The molecule has 0 aromatic rings. The first kappa shape index (κ1) is 25.2. The molecule has 3 nitrogen and oxygen atoms in total. The second-order valence-electron chi connectivity index (χ2n) is 4.47. The van der Waals surface area contributed by atoms with Crippen molar-refractivity contribution >= 4 is 5.97 Å². The summed E-state index contributed by atoms with van der Waals surface area (Å²) in [4.78, 5) is 10.5. The maximum absolute atomic E-state index is 13.5. The van der Waals surface area contributed by atoms with Gasteiger partial charge in [0.2, 0.25) is 5.83 Å². The zero-order valence-corrected chi connectivity index (χ0v) is 11.9. The molecule has 0 bridgehead atoms. The molecule has 0 aromatic heterocycles. The van der Waals surface area contributed by atoms with Gasteiger partial charge in [0.15, 0.2) is 6.61 Å². The van der Waals surface area contributed by atoms with Gasteiger partial charge in [-0.3, -0.25) is 4.74 Å². The molecule has 0 fully saturated rings. The Morgan fingerprint density at radius 1 is 0.741 bits per heavy atom. The van der Waals surface area contributed by atoms with Crippen molar-refractivity contribution in [1.29, 1.82) is 0 Å². The molecule has 0 aliphatic carbocycles. The van der Waals surface area contributed by atoms with E-state index in [1.807, 2.05) is 4.74 Å². The van der Waals surface area contributed by atoms with Crippen LogP contribution in [0.25, 0.3) is 0 Å². The van der Waals surface area contributed by atoms with Gasteiger partial charge in [0.25, 0.3) is 0 Å². The quantitative estimate of drug-likeness (QED) is 0.329. The van der Waals surface area contributed by atoms with Crippen LogP contribution in [0.2, 0.25) is 0 Å². The van der Waals surface area contributed by atoms with E-state index >= 15 is 0 Å². The Morgan fingerprint density at radius 3 is 1.44 bits per heavy atom. The number of carbonyl (C=O) groups is 1. The minimum absolute atomic E-state index is 1.88. The van der Waals surface area contributed by atoms with Crippen LogP contribution in [0.1, 0.15) is 0 Å². The average Bonchev–Trinajstić information content (AvgIpc) is 2.41. The molecule has 0 heterocycles. The lowest BCUT2D eigenvalue weighted by atomic mass is 10.1. The molecular formula is C10H4F14O3. The molecular weight excluding hydrogens is 434 g/mol. The number of esters is 1. The third-order valence-corrected chi connectivity index (χ3v) is 2.44. The summed E-state index contributed by atoms with van der Waals surface area (Å²) in [6, 6.07) is 0. The first-order valence-corrected chi connectivity index (χ1v) is 5.71. The fraction of sp³-hybridized carbons (Fsp3) is 0.700. The van der Waals surface area contributed by atoms with Gasteiger partial charge in [-0.15, -0.1) is 0 Å². The highest BCUT2D eigenvalue weighted by molar-refractivity contribution is 5.85. The van der Waals surface area contributed by atoms with E-state index < -0.39 is 54.6 Å². The second kappa shape index (κ2) is 6.97. The van der Waals surface area contributed by atoms with Crippen LogP contribution < -0.4 is 0 Å². The molecule has 160 valence electrons. The summed E-state index contributed by atoms with van der Waals surface area (Å²) < 4.78 is 180. The molecule has 1 atom stereocenters. The molecule has 0 N–H and O–H groups in total. The van der Waals surface area contributed by atoms with Gasteiger partial charge < -0.3 is 4.74 Å².